The maximum absolute atomic E-state index is 14.2. The number of hydrogen-bond acceptors (Lipinski definition) is 5. The van der Waals surface area contributed by atoms with Gasteiger partial charge < -0.3 is 9.84 Å². The number of H-pyrrole nitrogens is 1. The summed E-state index contributed by atoms with van der Waals surface area (Å²) in [6.45, 7) is 5.60. The highest BCUT2D eigenvalue weighted by atomic mass is 19.1. The van der Waals surface area contributed by atoms with E-state index in [1.54, 1.807) is 31.2 Å². The first-order chi connectivity index (χ1) is 12.0. The largest absolute Gasteiger partial charge is 0.340 e. The maximum atomic E-state index is 14.2. The number of nitrogens with one attached hydrogen (secondary N) is 2. The van der Waals surface area contributed by atoms with E-state index in [0.29, 0.717) is 5.89 Å². The van der Waals surface area contributed by atoms with Crippen LogP contribution in [0.4, 0.5) is 4.39 Å². The fourth-order valence-corrected chi connectivity index (χ4v) is 2.38. The van der Waals surface area contributed by atoms with E-state index in [0.717, 1.165) is 5.69 Å². The van der Waals surface area contributed by atoms with Crippen molar-refractivity contribution in [3.8, 4) is 0 Å². The average molecular weight is 343 g/mol. The summed E-state index contributed by atoms with van der Waals surface area (Å²) in [6.07, 6.45) is 0. The van der Waals surface area contributed by atoms with Crippen molar-refractivity contribution < 1.29 is 13.7 Å². The molecule has 0 saturated heterocycles. The van der Waals surface area contributed by atoms with Crippen molar-refractivity contribution >= 4 is 5.91 Å². The smallest absolute Gasteiger partial charge is 0.272 e. The number of aromatic nitrogens is 4. The van der Waals surface area contributed by atoms with E-state index < -0.39 is 17.8 Å². The number of rotatable bonds is 5. The molecule has 0 spiro atoms. The number of aryl methyl sites for hydroxylation is 1. The van der Waals surface area contributed by atoms with Crippen molar-refractivity contribution in [3.63, 3.8) is 0 Å². The van der Waals surface area contributed by atoms with Crippen LogP contribution in [0.5, 0.6) is 0 Å². The minimum absolute atomic E-state index is 0.176. The van der Waals surface area contributed by atoms with E-state index in [9.17, 15) is 9.18 Å². The first-order valence-corrected chi connectivity index (χ1v) is 7.86. The van der Waals surface area contributed by atoms with Crippen LogP contribution >= 0.6 is 0 Å². The van der Waals surface area contributed by atoms with Gasteiger partial charge in [0.2, 0.25) is 5.89 Å². The highest BCUT2D eigenvalue weighted by Gasteiger charge is 2.26. The van der Waals surface area contributed by atoms with Gasteiger partial charge in [0.1, 0.15) is 17.6 Å². The van der Waals surface area contributed by atoms with Crippen LogP contribution in [0.15, 0.2) is 34.9 Å². The summed E-state index contributed by atoms with van der Waals surface area (Å²) in [7, 11) is 0. The number of carbonyl (C=O) groups excluding carboxylic acids is 1. The van der Waals surface area contributed by atoms with Gasteiger partial charge in [0.05, 0.1) is 0 Å². The Balaban J connectivity index is 1.92. The third kappa shape index (κ3) is 3.57. The van der Waals surface area contributed by atoms with E-state index in [2.05, 4.69) is 25.7 Å². The second kappa shape index (κ2) is 6.84. The van der Waals surface area contributed by atoms with Gasteiger partial charge in [-0.05, 0) is 18.1 Å². The van der Waals surface area contributed by atoms with Crippen LogP contribution < -0.4 is 5.32 Å². The molecule has 1 aromatic carbocycles. The lowest BCUT2D eigenvalue weighted by Gasteiger charge is -2.15. The zero-order chi connectivity index (χ0) is 18.0. The van der Waals surface area contributed by atoms with Crippen LogP contribution in [0.2, 0.25) is 0 Å². The Morgan fingerprint density at radius 3 is 2.68 bits per heavy atom. The molecule has 0 saturated carbocycles. The van der Waals surface area contributed by atoms with E-state index in [1.807, 2.05) is 13.8 Å². The van der Waals surface area contributed by atoms with Crippen LogP contribution in [-0.2, 0) is 0 Å². The molecule has 1 atom stereocenters. The number of aromatic amines is 1. The lowest BCUT2D eigenvalue weighted by molar-refractivity contribution is 0.0935. The van der Waals surface area contributed by atoms with E-state index >= 15 is 0 Å². The zero-order valence-electron chi connectivity index (χ0n) is 14.1. The molecule has 3 rings (SSSR count). The van der Waals surface area contributed by atoms with Gasteiger partial charge in [0, 0.05) is 18.2 Å². The molecule has 1 amide bonds. The summed E-state index contributed by atoms with van der Waals surface area (Å²) in [4.78, 5) is 16.7. The molecule has 0 radical (unpaired) electrons. The predicted octanol–water partition coefficient (Wildman–Crippen LogP) is 2.88. The second-order valence-corrected chi connectivity index (χ2v) is 5.96. The molecule has 2 aromatic heterocycles. The van der Waals surface area contributed by atoms with Crippen molar-refractivity contribution in [3.05, 3.63) is 64.8 Å². The quantitative estimate of drug-likeness (QED) is 0.742. The first-order valence-electron chi connectivity index (χ1n) is 7.86. The molecule has 7 nitrogen and oxygen atoms in total. The van der Waals surface area contributed by atoms with Crippen molar-refractivity contribution in [2.24, 2.45) is 0 Å². The zero-order valence-corrected chi connectivity index (χ0v) is 14.1. The molecule has 2 heterocycles. The lowest BCUT2D eigenvalue weighted by Crippen LogP contribution is -2.31. The number of hydrogen-bond donors (Lipinski definition) is 2. The molecule has 0 aliphatic heterocycles. The number of amides is 1. The molecule has 2 N–H and O–H groups in total. The van der Waals surface area contributed by atoms with Crippen molar-refractivity contribution in [1.29, 1.82) is 0 Å². The number of carbonyl (C=O) groups is 1. The van der Waals surface area contributed by atoms with Gasteiger partial charge in [0.15, 0.2) is 5.82 Å². The molecule has 130 valence electrons. The number of nitrogens with zero attached hydrogens (tertiary/aromatic N) is 3. The summed E-state index contributed by atoms with van der Waals surface area (Å²) >= 11 is 0. The Bertz CT molecular complexity index is 887. The fraction of sp³-hybridized carbons (Fsp3) is 0.294. The Morgan fingerprint density at radius 1 is 1.32 bits per heavy atom. The highest BCUT2D eigenvalue weighted by Crippen LogP contribution is 2.23. The molecular weight excluding hydrogens is 325 g/mol. The monoisotopic (exact) mass is 343 g/mol. The fourth-order valence-electron chi connectivity index (χ4n) is 2.38. The predicted molar refractivity (Wildman–Crippen MR) is 87.4 cm³/mol. The normalized spacial score (nSPS) is 12.4. The summed E-state index contributed by atoms with van der Waals surface area (Å²) in [5.41, 5.74) is 1.30. The summed E-state index contributed by atoms with van der Waals surface area (Å²) in [5.74, 6) is -0.224. The molecule has 0 bridgehead atoms. The lowest BCUT2D eigenvalue weighted by atomic mass is 10.1. The minimum atomic E-state index is -0.884. The second-order valence-electron chi connectivity index (χ2n) is 5.96. The Morgan fingerprint density at radius 2 is 2.08 bits per heavy atom. The first kappa shape index (κ1) is 16.8. The molecule has 0 unspecified atom stereocenters. The van der Waals surface area contributed by atoms with Gasteiger partial charge >= 0.3 is 0 Å². The Labute approximate surface area is 143 Å². The summed E-state index contributed by atoms with van der Waals surface area (Å²) < 4.78 is 19.2. The number of halogens is 1. The van der Waals surface area contributed by atoms with Gasteiger partial charge in [0.25, 0.3) is 5.91 Å². The van der Waals surface area contributed by atoms with Crippen LogP contribution in [0.25, 0.3) is 0 Å². The standard InChI is InChI=1S/C17H18FN5O2/c1-9(2)13-8-14(22-21-13)17(24)20-15(16-19-10(3)25-23-16)11-6-4-5-7-12(11)18/h4-9,15H,1-3H3,(H,20,24)(H,21,22)/t15-/m0/s1. The van der Waals surface area contributed by atoms with Crippen LogP contribution in [0.3, 0.4) is 0 Å². The van der Waals surface area contributed by atoms with Crippen LogP contribution in [0, 0.1) is 12.7 Å². The van der Waals surface area contributed by atoms with Gasteiger partial charge in [-0.1, -0.05) is 37.2 Å². The third-order valence-electron chi connectivity index (χ3n) is 3.75. The van der Waals surface area contributed by atoms with Gasteiger partial charge in [-0.15, -0.1) is 0 Å². The SMILES string of the molecule is Cc1nc([C@@H](NC(=O)c2cc(C(C)C)[nH]n2)c2ccccc2F)no1. The molecule has 0 aliphatic carbocycles. The maximum Gasteiger partial charge on any atom is 0.272 e. The van der Waals surface area contributed by atoms with Gasteiger partial charge in [-0.3, -0.25) is 9.89 Å². The molecule has 0 fully saturated rings. The molecule has 8 heteroatoms. The Hall–Kier alpha value is -3.03. The molecule has 3 aromatic rings. The third-order valence-corrected chi connectivity index (χ3v) is 3.75. The van der Waals surface area contributed by atoms with E-state index in [1.165, 1.54) is 6.07 Å². The highest BCUT2D eigenvalue weighted by molar-refractivity contribution is 5.92. The average Bonchev–Trinajstić information content (AvgIpc) is 3.22. The van der Waals surface area contributed by atoms with E-state index in [-0.39, 0.29) is 23.0 Å². The van der Waals surface area contributed by atoms with Crippen molar-refractivity contribution in [1.82, 2.24) is 25.7 Å². The molecule has 0 aliphatic rings. The topological polar surface area (TPSA) is 96.7 Å². The van der Waals surface area contributed by atoms with Gasteiger partial charge in [-0.2, -0.15) is 10.1 Å². The van der Waals surface area contributed by atoms with E-state index in [4.69, 9.17) is 4.52 Å². The minimum Gasteiger partial charge on any atom is -0.340 e. The van der Waals surface area contributed by atoms with Crippen LogP contribution in [-0.4, -0.2) is 26.2 Å². The van der Waals surface area contributed by atoms with Gasteiger partial charge in [-0.25, -0.2) is 4.39 Å². The van der Waals surface area contributed by atoms with Crippen molar-refractivity contribution in [2.75, 3.05) is 0 Å². The summed E-state index contributed by atoms with van der Waals surface area (Å²) in [5, 5.41) is 13.4. The Kier molecular flexibility index (Phi) is 4.60. The summed E-state index contributed by atoms with van der Waals surface area (Å²) in [6, 6.07) is 6.91. The van der Waals surface area contributed by atoms with Crippen LogP contribution in [0.1, 0.15) is 59.3 Å². The number of benzene rings is 1. The molecule has 25 heavy (non-hydrogen) atoms. The van der Waals surface area contributed by atoms with Crippen molar-refractivity contribution in [2.45, 2.75) is 32.7 Å². The molecular formula is C17H18FN5O2.